The van der Waals surface area contributed by atoms with E-state index in [-0.39, 0.29) is 18.1 Å². The lowest BCUT2D eigenvalue weighted by atomic mass is 10.3. The third-order valence-electron chi connectivity index (χ3n) is 2.11. The van der Waals surface area contributed by atoms with Gasteiger partial charge in [0.15, 0.2) is 0 Å². The van der Waals surface area contributed by atoms with E-state index in [1.807, 2.05) is 0 Å². The van der Waals surface area contributed by atoms with Gasteiger partial charge in [-0.25, -0.2) is 9.18 Å². The first-order chi connectivity index (χ1) is 8.44. The molecule has 2 rings (SSSR count). The fraction of sp³-hybridized carbons (Fsp3) is 0.300. The van der Waals surface area contributed by atoms with Gasteiger partial charge in [-0.05, 0) is 12.1 Å². The largest absolute Gasteiger partial charge is 0.514 e. The second kappa shape index (κ2) is 5.11. The van der Waals surface area contributed by atoms with Crippen molar-refractivity contribution in [2.75, 3.05) is 12.4 Å². The molecule has 0 spiro atoms. The normalized spacial score (nSPS) is 23.4. The van der Waals surface area contributed by atoms with Crippen molar-refractivity contribution < 1.29 is 31.9 Å². The first-order valence-electron chi connectivity index (χ1n) is 4.99. The summed E-state index contributed by atoms with van der Waals surface area (Å²) >= 11 is 0. The molecule has 1 saturated heterocycles. The molecule has 2 N–H and O–H groups in total. The lowest BCUT2D eigenvalue weighted by Crippen LogP contribution is -2.23. The number of hydrogen-bond donors (Lipinski definition) is 2. The minimum atomic E-state index is -3.11. The SMILES string of the molecule is O=C(Oc1cccc(F)c1)OC1COS(O)(O)C1. The molecule has 0 saturated carbocycles. The molecule has 1 unspecified atom stereocenters. The Kier molecular flexibility index (Phi) is 3.71. The van der Waals surface area contributed by atoms with Crippen molar-refractivity contribution in [3.05, 3.63) is 30.1 Å². The molecule has 1 aromatic carbocycles. The van der Waals surface area contributed by atoms with Crippen LogP contribution in [0, 0.1) is 5.82 Å². The Morgan fingerprint density at radius 3 is 2.89 bits per heavy atom. The zero-order chi connectivity index (χ0) is 13.2. The van der Waals surface area contributed by atoms with Gasteiger partial charge in [-0.1, -0.05) is 6.07 Å². The molecule has 1 aliphatic heterocycles. The van der Waals surface area contributed by atoms with Crippen molar-refractivity contribution >= 4 is 17.0 Å². The molecule has 1 fully saturated rings. The summed E-state index contributed by atoms with van der Waals surface area (Å²) in [6.45, 7) is -0.111. The summed E-state index contributed by atoms with van der Waals surface area (Å²) in [5.74, 6) is -0.727. The number of halogens is 1. The van der Waals surface area contributed by atoms with Gasteiger partial charge in [-0.2, -0.15) is 0 Å². The average molecular weight is 278 g/mol. The van der Waals surface area contributed by atoms with E-state index in [0.29, 0.717) is 0 Å². The monoisotopic (exact) mass is 278 g/mol. The van der Waals surface area contributed by atoms with Crippen molar-refractivity contribution in [2.45, 2.75) is 6.10 Å². The number of carbonyl (C=O) groups excluding carboxylic acids is 1. The summed E-state index contributed by atoms with van der Waals surface area (Å²) in [5, 5.41) is 0. The first kappa shape index (κ1) is 13.1. The third-order valence-corrected chi connectivity index (χ3v) is 3.43. The number of ether oxygens (including phenoxy) is 2. The second-order valence-corrected chi connectivity index (χ2v) is 5.39. The summed E-state index contributed by atoms with van der Waals surface area (Å²) in [4.78, 5) is 11.3. The van der Waals surface area contributed by atoms with Crippen LogP contribution in [0.15, 0.2) is 24.3 Å². The Morgan fingerprint density at radius 2 is 2.28 bits per heavy atom. The Hall–Kier alpha value is -1.35. The van der Waals surface area contributed by atoms with Crippen LogP contribution in [-0.2, 0) is 8.92 Å². The van der Waals surface area contributed by atoms with Crippen LogP contribution in [0.3, 0.4) is 0 Å². The zero-order valence-electron chi connectivity index (χ0n) is 9.11. The van der Waals surface area contributed by atoms with E-state index in [0.717, 1.165) is 6.07 Å². The Morgan fingerprint density at radius 1 is 1.50 bits per heavy atom. The molecule has 0 amide bonds. The standard InChI is InChI=1S/C10H11FO6S/c11-7-2-1-3-8(4-7)16-10(12)17-9-5-15-18(13,14)6-9/h1-4,9,13-14H,5-6H2. The molecule has 0 radical (unpaired) electrons. The smallest absolute Gasteiger partial charge is 0.427 e. The van der Waals surface area contributed by atoms with Crippen LogP contribution in [0.4, 0.5) is 9.18 Å². The van der Waals surface area contributed by atoms with E-state index in [1.54, 1.807) is 0 Å². The summed E-state index contributed by atoms with van der Waals surface area (Å²) in [6.07, 6.45) is -1.83. The van der Waals surface area contributed by atoms with Crippen molar-refractivity contribution in [1.29, 1.82) is 0 Å². The number of benzene rings is 1. The molecule has 18 heavy (non-hydrogen) atoms. The van der Waals surface area contributed by atoms with Gasteiger partial charge >= 0.3 is 6.16 Å². The van der Waals surface area contributed by atoms with E-state index in [2.05, 4.69) is 4.18 Å². The highest BCUT2D eigenvalue weighted by molar-refractivity contribution is 8.20. The summed E-state index contributed by atoms with van der Waals surface area (Å²) in [6, 6.07) is 5.01. The van der Waals surface area contributed by atoms with E-state index >= 15 is 0 Å². The highest BCUT2D eigenvalue weighted by Gasteiger charge is 2.35. The van der Waals surface area contributed by atoms with Crippen LogP contribution in [0.5, 0.6) is 5.75 Å². The molecule has 1 aromatic rings. The molecule has 1 aliphatic rings. The fourth-order valence-corrected chi connectivity index (χ4v) is 2.49. The maximum Gasteiger partial charge on any atom is 0.514 e. The van der Waals surface area contributed by atoms with Gasteiger partial charge in [-0.3, -0.25) is 4.18 Å². The molecule has 0 bridgehead atoms. The van der Waals surface area contributed by atoms with Gasteiger partial charge in [0.1, 0.15) is 24.3 Å². The second-order valence-electron chi connectivity index (χ2n) is 3.61. The molecular formula is C10H11FO6S. The Labute approximate surface area is 104 Å². The van der Waals surface area contributed by atoms with Gasteiger partial charge in [-0.15, -0.1) is 0 Å². The van der Waals surface area contributed by atoms with Gasteiger partial charge in [0.05, 0.1) is 16.6 Å². The molecule has 100 valence electrons. The van der Waals surface area contributed by atoms with E-state index in [1.165, 1.54) is 18.2 Å². The minimum Gasteiger partial charge on any atom is -0.427 e. The molecule has 8 heteroatoms. The summed E-state index contributed by atoms with van der Waals surface area (Å²) < 4.78 is 45.2. The van der Waals surface area contributed by atoms with Crippen LogP contribution >= 0.6 is 10.9 Å². The first-order valence-corrected chi connectivity index (χ1v) is 6.63. The van der Waals surface area contributed by atoms with Crippen LogP contribution in [0.1, 0.15) is 0 Å². The number of carbonyl (C=O) groups is 1. The van der Waals surface area contributed by atoms with Crippen molar-refractivity contribution in [3.8, 4) is 5.75 Å². The maximum atomic E-state index is 12.8. The number of rotatable bonds is 2. The summed E-state index contributed by atoms with van der Waals surface area (Å²) in [5.41, 5.74) is 0. The van der Waals surface area contributed by atoms with Crippen molar-refractivity contribution in [1.82, 2.24) is 0 Å². The van der Waals surface area contributed by atoms with Crippen molar-refractivity contribution in [2.24, 2.45) is 0 Å². The van der Waals surface area contributed by atoms with E-state index < -0.39 is 28.9 Å². The summed E-state index contributed by atoms with van der Waals surface area (Å²) in [7, 11) is -3.11. The van der Waals surface area contributed by atoms with E-state index in [4.69, 9.17) is 18.6 Å². The molecule has 1 atom stereocenters. The van der Waals surface area contributed by atoms with Crippen LogP contribution < -0.4 is 4.74 Å². The number of hydrogen-bond acceptors (Lipinski definition) is 6. The topological polar surface area (TPSA) is 85.2 Å². The van der Waals surface area contributed by atoms with Crippen LogP contribution in [-0.4, -0.2) is 33.7 Å². The lowest BCUT2D eigenvalue weighted by molar-refractivity contribution is 0.0568. The zero-order valence-corrected chi connectivity index (χ0v) is 9.93. The lowest BCUT2D eigenvalue weighted by Gasteiger charge is -2.17. The Bertz CT molecular complexity index is 452. The van der Waals surface area contributed by atoms with Crippen LogP contribution in [0.2, 0.25) is 0 Å². The predicted molar refractivity (Wildman–Crippen MR) is 61.0 cm³/mol. The van der Waals surface area contributed by atoms with Gasteiger partial charge in [0.25, 0.3) is 0 Å². The molecular weight excluding hydrogens is 267 g/mol. The highest BCUT2D eigenvalue weighted by Crippen LogP contribution is 2.45. The predicted octanol–water partition coefficient (Wildman–Crippen LogP) is 2.41. The van der Waals surface area contributed by atoms with Gasteiger partial charge < -0.3 is 18.6 Å². The Balaban J connectivity index is 1.86. The van der Waals surface area contributed by atoms with E-state index in [9.17, 15) is 9.18 Å². The molecule has 1 heterocycles. The third kappa shape index (κ3) is 3.57. The maximum absolute atomic E-state index is 12.8. The molecule has 0 aromatic heterocycles. The van der Waals surface area contributed by atoms with Gasteiger partial charge in [0.2, 0.25) is 0 Å². The quantitative estimate of drug-likeness (QED) is 0.638. The molecule has 6 nitrogen and oxygen atoms in total. The van der Waals surface area contributed by atoms with Crippen molar-refractivity contribution in [3.63, 3.8) is 0 Å². The minimum absolute atomic E-state index is 0.00511. The molecule has 0 aliphatic carbocycles. The van der Waals surface area contributed by atoms with Crippen LogP contribution in [0.25, 0.3) is 0 Å². The average Bonchev–Trinajstić information content (AvgIpc) is 2.57. The highest BCUT2D eigenvalue weighted by atomic mass is 32.3. The fourth-order valence-electron chi connectivity index (χ4n) is 1.38. The van der Waals surface area contributed by atoms with Gasteiger partial charge in [0, 0.05) is 6.07 Å².